The third-order valence-electron chi connectivity index (χ3n) is 2.51. The van der Waals surface area contributed by atoms with E-state index in [1.165, 1.54) is 16.7 Å². The normalized spacial score (nSPS) is 11.8. The van der Waals surface area contributed by atoms with Crippen molar-refractivity contribution in [1.82, 2.24) is 4.98 Å². The second kappa shape index (κ2) is 3.13. The Balaban J connectivity index is 3.43. The number of rotatable bonds is 0. The molecule has 0 saturated heterocycles. The van der Waals surface area contributed by atoms with Crippen LogP contribution in [0.25, 0.3) is 0 Å². The number of aryl methyl sites for hydroxylation is 2. The molecule has 0 aliphatic rings. The summed E-state index contributed by atoms with van der Waals surface area (Å²) in [6.45, 7) is 13.1. The number of hydrogen-bond acceptors (Lipinski definition) is 1. The van der Waals surface area contributed by atoms with Crippen LogP contribution in [-0.2, 0) is 5.41 Å². The number of hydrogen-bond donors (Lipinski definition) is 0. The first kappa shape index (κ1) is 10.2. The molecule has 0 spiro atoms. The van der Waals surface area contributed by atoms with Gasteiger partial charge in [0.2, 0.25) is 0 Å². The number of aromatic nitrogens is 1. The fourth-order valence-electron chi connectivity index (χ4n) is 1.99. The van der Waals surface area contributed by atoms with Crippen LogP contribution in [0.5, 0.6) is 0 Å². The van der Waals surface area contributed by atoms with Gasteiger partial charge in [0.25, 0.3) is 0 Å². The molecule has 1 nitrogen and oxygen atoms in total. The Morgan fingerprint density at radius 2 is 1.62 bits per heavy atom. The van der Waals surface area contributed by atoms with Crippen molar-refractivity contribution in [2.45, 2.75) is 47.0 Å². The van der Waals surface area contributed by atoms with Crippen LogP contribution in [-0.4, -0.2) is 4.98 Å². The molecule has 1 aromatic rings. The van der Waals surface area contributed by atoms with E-state index in [4.69, 9.17) is 0 Å². The topological polar surface area (TPSA) is 12.9 Å². The molecule has 0 saturated carbocycles. The Morgan fingerprint density at radius 1 is 1.08 bits per heavy atom. The maximum absolute atomic E-state index is 4.35. The maximum atomic E-state index is 4.35. The van der Waals surface area contributed by atoms with Crippen LogP contribution in [0.1, 0.15) is 43.2 Å². The molecule has 0 aliphatic heterocycles. The van der Waals surface area contributed by atoms with Gasteiger partial charge in [0.05, 0.1) is 0 Å². The van der Waals surface area contributed by atoms with Crippen molar-refractivity contribution in [2.75, 3.05) is 0 Å². The summed E-state index contributed by atoms with van der Waals surface area (Å²) in [6.07, 6.45) is 1.98. The summed E-state index contributed by atoms with van der Waals surface area (Å²) in [5.41, 5.74) is 5.46. The zero-order chi connectivity index (χ0) is 10.2. The van der Waals surface area contributed by atoms with Crippen molar-refractivity contribution < 1.29 is 0 Å². The minimum absolute atomic E-state index is 0.224. The molecule has 0 atom stereocenters. The average molecular weight is 177 g/mol. The van der Waals surface area contributed by atoms with Gasteiger partial charge < -0.3 is 0 Å². The second-order valence-electron chi connectivity index (χ2n) is 4.78. The van der Waals surface area contributed by atoms with Crippen molar-refractivity contribution in [3.05, 3.63) is 28.6 Å². The van der Waals surface area contributed by atoms with Crippen molar-refractivity contribution in [3.63, 3.8) is 0 Å². The van der Waals surface area contributed by atoms with E-state index in [0.29, 0.717) is 0 Å². The van der Waals surface area contributed by atoms with Crippen LogP contribution >= 0.6 is 0 Å². The van der Waals surface area contributed by atoms with Gasteiger partial charge >= 0.3 is 0 Å². The van der Waals surface area contributed by atoms with E-state index in [0.717, 1.165) is 5.69 Å². The Labute approximate surface area is 81.2 Å². The second-order valence-corrected chi connectivity index (χ2v) is 4.78. The van der Waals surface area contributed by atoms with Gasteiger partial charge in [-0.05, 0) is 42.9 Å². The van der Waals surface area contributed by atoms with Crippen molar-refractivity contribution in [1.29, 1.82) is 0 Å². The van der Waals surface area contributed by atoms with E-state index in [1.54, 1.807) is 0 Å². The summed E-state index contributed by atoms with van der Waals surface area (Å²) < 4.78 is 0. The van der Waals surface area contributed by atoms with Gasteiger partial charge in [-0.25, -0.2) is 0 Å². The fraction of sp³-hybridized carbons (Fsp3) is 0.583. The lowest BCUT2D eigenvalue weighted by Gasteiger charge is -2.24. The summed E-state index contributed by atoms with van der Waals surface area (Å²) in [6, 6.07) is 0. The van der Waals surface area contributed by atoms with Crippen molar-refractivity contribution in [3.8, 4) is 0 Å². The zero-order valence-electron chi connectivity index (χ0n) is 9.52. The minimum Gasteiger partial charge on any atom is -0.261 e. The molecular weight excluding hydrogens is 158 g/mol. The third kappa shape index (κ3) is 1.90. The van der Waals surface area contributed by atoms with Crippen LogP contribution < -0.4 is 0 Å². The molecule has 0 radical (unpaired) electrons. The number of pyridine rings is 1. The monoisotopic (exact) mass is 177 g/mol. The lowest BCUT2D eigenvalue weighted by atomic mass is 9.81. The molecule has 0 aliphatic carbocycles. The van der Waals surface area contributed by atoms with Crippen LogP contribution in [0.4, 0.5) is 0 Å². The summed E-state index contributed by atoms with van der Waals surface area (Å²) in [4.78, 5) is 4.35. The summed E-state index contributed by atoms with van der Waals surface area (Å²) >= 11 is 0. The first-order chi connectivity index (χ1) is 5.84. The summed E-state index contributed by atoms with van der Waals surface area (Å²) in [5.74, 6) is 0. The van der Waals surface area contributed by atoms with Crippen molar-refractivity contribution in [2.24, 2.45) is 0 Å². The first-order valence-corrected chi connectivity index (χ1v) is 4.77. The lowest BCUT2D eigenvalue weighted by Crippen LogP contribution is -2.16. The molecule has 0 amide bonds. The van der Waals surface area contributed by atoms with Gasteiger partial charge in [-0.2, -0.15) is 0 Å². The van der Waals surface area contributed by atoms with Gasteiger partial charge in [0, 0.05) is 11.9 Å². The molecule has 0 unspecified atom stereocenters. The van der Waals surface area contributed by atoms with E-state index in [9.17, 15) is 0 Å². The highest BCUT2D eigenvalue weighted by Crippen LogP contribution is 2.29. The van der Waals surface area contributed by atoms with Gasteiger partial charge in [-0.15, -0.1) is 0 Å². The Kier molecular flexibility index (Phi) is 2.47. The molecule has 0 fully saturated rings. The number of nitrogens with zero attached hydrogens (tertiary/aromatic N) is 1. The highest BCUT2D eigenvalue weighted by molar-refractivity contribution is 5.39. The summed E-state index contributed by atoms with van der Waals surface area (Å²) in [5, 5.41) is 0. The van der Waals surface area contributed by atoms with Gasteiger partial charge in [0.1, 0.15) is 0 Å². The Morgan fingerprint density at radius 3 is 2.00 bits per heavy atom. The molecule has 0 N–H and O–H groups in total. The SMILES string of the molecule is Cc1cnc(C)c(C)c1C(C)(C)C. The predicted octanol–water partition coefficient (Wildman–Crippen LogP) is 3.30. The molecule has 1 rings (SSSR count). The molecule has 13 heavy (non-hydrogen) atoms. The summed E-state index contributed by atoms with van der Waals surface area (Å²) in [7, 11) is 0. The largest absolute Gasteiger partial charge is 0.261 e. The van der Waals surface area contributed by atoms with E-state index in [-0.39, 0.29) is 5.41 Å². The molecule has 0 bridgehead atoms. The van der Waals surface area contributed by atoms with Crippen LogP contribution in [0.3, 0.4) is 0 Å². The minimum atomic E-state index is 0.224. The fourth-order valence-corrected chi connectivity index (χ4v) is 1.99. The predicted molar refractivity (Wildman–Crippen MR) is 57.1 cm³/mol. The lowest BCUT2D eigenvalue weighted by molar-refractivity contribution is 0.579. The molecule has 72 valence electrons. The smallest absolute Gasteiger partial charge is 0.0404 e. The average Bonchev–Trinajstić information content (AvgIpc) is 1.95. The third-order valence-corrected chi connectivity index (χ3v) is 2.51. The standard InChI is InChI=1S/C12H19N/c1-8-7-13-10(3)9(2)11(8)12(4,5)6/h7H,1-6H3. The highest BCUT2D eigenvalue weighted by atomic mass is 14.7. The van der Waals surface area contributed by atoms with Crippen molar-refractivity contribution >= 4 is 0 Å². The van der Waals surface area contributed by atoms with E-state index in [2.05, 4.69) is 46.5 Å². The molecule has 0 aromatic carbocycles. The van der Waals surface area contributed by atoms with Crippen LogP contribution in [0, 0.1) is 20.8 Å². The van der Waals surface area contributed by atoms with Gasteiger partial charge in [-0.3, -0.25) is 4.98 Å². The van der Waals surface area contributed by atoms with Crippen LogP contribution in [0.15, 0.2) is 6.20 Å². The zero-order valence-corrected chi connectivity index (χ0v) is 9.52. The first-order valence-electron chi connectivity index (χ1n) is 4.77. The molecule has 1 heterocycles. The van der Waals surface area contributed by atoms with E-state index >= 15 is 0 Å². The van der Waals surface area contributed by atoms with E-state index in [1.807, 2.05) is 6.20 Å². The quantitative estimate of drug-likeness (QED) is 0.592. The maximum Gasteiger partial charge on any atom is 0.0404 e. The van der Waals surface area contributed by atoms with Gasteiger partial charge in [-0.1, -0.05) is 20.8 Å². The molecule has 1 heteroatoms. The highest BCUT2D eigenvalue weighted by Gasteiger charge is 2.19. The Hall–Kier alpha value is -0.850. The molecule has 1 aromatic heterocycles. The Bertz CT molecular complexity index is 319. The van der Waals surface area contributed by atoms with Crippen LogP contribution in [0.2, 0.25) is 0 Å². The van der Waals surface area contributed by atoms with Gasteiger partial charge in [0.15, 0.2) is 0 Å². The van der Waals surface area contributed by atoms with E-state index < -0.39 is 0 Å². The molecular formula is C12H19N.